The predicted molar refractivity (Wildman–Crippen MR) is 71.1 cm³/mol. The van der Waals surface area contributed by atoms with Gasteiger partial charge in [0.1, 0.15) is 0 Å². The first-order valence-corrected chi connectivity index (χ1v) is 7.09. The summed E-state index contributed by atoms with van der Waals surface area (Å²) in [6.07, 6.45) is 3.23. The molecule has 1 aromatic heterocycles. The molecule has 3 nitrogen and oxygen atoms in total. The molecule has 2 heterocycles. The average Bonchev–Trinajstić information content (AvgIpc) is 2.83. The minimum atomic E-state index is -0.385. The highest BCUT2D eigenvalue weighted by atomic mass is 32.1. The second-order valence-corrected chi connectivity index (χ2v) is 5.91. The van der Waals surface area contributed by atoms with E-state index in [2.05, 4.69) is 16.7 Å². The van der Waals surface area contributed by atoms with Crippen LogP contribution in [0.4, 0.5) is 0 Å². The summed E-state index contributed by atoms with van der Waals surface area (Å²) in [5.74, 6) is 0.123. The van der Waals surface area contributed by atoms with Crippen LogP contribution < -0.4 is 10.6 Å². The van der Waals surface area contributed by atoms with Crippen LogP contribution in [-0.2, 0) is 4.79 Å². The summed E-state index contributed by atoms with van der Waals surface area (Å²) in [6.45, 7) is 4.98. The van der Waals surface area contributed by atoms with Crippen LogP contribution >= 0.6 is 11.3 Å². The van der Waals surface area contributed by atoms with Gasteiger partial charge in [0.2, 0.25) is 5.91 Å². The molecule has 1 unspecified atom stereocenters. The van der Waals surface area contributed by atoms with Gasteiger partial charge in [-0.05, 0) is 51.1 Å². The zero-order valence-corrected chi connectivity index (χ0v) is 11.3. The van der Waals surface area contributed by atoms with E-state index in [1.54, 1.807) is 11.3 Å². The fourth-order valence-corrected chi connectivity index (χ4v) is 2.95. The maximum Gasteiger partial charge on any atom is 0.240 e. The van der Waals surface area contributed by atoms with Crippen LogP contribution in [0.3, 0.4) is 0 Å². The van der Waals surface area contributed by atoms with Crippen molar-refractivity contribution in [2.45, 2.75) is 44.7 Å². The number of amides is 1. The van der Waals surface area contributed by atoms with Crippen molar-refractivity contribution in [2.75, 3.05) is 6.54 Å². The summed E-state index contributed by atoms with van der Waals surface area (Å²) < 4.78 is 0. The summed E-state index contributed by atoms with van der Waals surface area (Å²) in [5.41, 5.74) is -0.385. The van der Waals surface area contributed by atoms with E-state index in [4.69, 9.17) is 0 Å². The van der Waals surface area contributed by atoms with Gasteiger partial charge in [0.15, 0.2) is 0 Å². The zero-order valence-electron chi connectivity index (χ0n) is 10.5. The molecule has 1 fully saturated rings. The summed E-state index contributed by atoms with van der Waals surface area (Å²) in [5, 5.41) is 8.48. The Morgan fingerprint density at radius 2 is 2.41 bits per heavy atom. The lowest BCUT2D eigenvalue weighted by atomic mass is 9.90. The Labute approximate surface area is 107 Å². The van der Waals surface area contributed by atoms with Gasteiger partial charge in [0.05, 0.1) is 11.6 Å². The van der Waals surface area contributed by atoms with Gasteiger partial charge in [0.25, 0.3) is 0 Å². The van der Waals surface area contributed by atoms with E-state index < -0.39 is 0 Å². The second-order valence-electron chi connectivity index (χ2n) is 4.93. The Hall–Kier alpha value is -0.870. The Balaban J connectivity index is 1.96. The highest BCUT2D eigenvalue weighted by Gasteiger charge is 2.34. The van der Waals surface area contributed by atoms with Crippen molar-refractivity contribution in [1.29, 1.82) is 0 Å². The lowest BCUT2D eigenvalue weighted by Gasteiger charge is -2.34. The molecule has 17 heavy (non-hydrogen) atoms. The normalized spacial score (nSPS) is 26.5. The fraction of sp³-hybridized carbons (Fsp3) is 0.615. The smallest absolute Gasteiger partial charge is 0.240 e. The van der Waals surface area contributed by atoms with Crippen molar-refractivity contribution in [2.24, 2.45) is 0 Å². The first kappa shape index (κ1) is 12.6. The van der Waals surface area contributed by atoms with E-state index in [0.29, 0.717) is 0 Å². The third-order valence-electron chi connectivity index (χ3n) is 3.44. The van der Waals surface area contributed by atoms with E-state index in [1.807, 2.05) is 25.3 Å². The Morgan fingerprint density at radius 3 is 3.00 bits per heavy atom. The van der Waals surface area contributed by atoms with E-state index >= 15 is 0 Å². The quantitative estimate of drug-likeness (QED) is 0.867. The number of rotatable bonds is 3. The molecule has 1 amide bonds. The third-order valence-corrected chi connectivity index (χ3v) is 4.49. The van der Waals surface area contributed by atoms with Crippen molar-refractivity contribution in [3.05, 3.63) is 22.4 Å². The molecule has 1 aliphatic heterocycles. The summed E-state index contributed by atoms with van der Waals surface area (Å²) in [6, 6.07) is 4.18. The van der Waals surface area contributed by atoms with Crippen molar-refractivity contribution >= 4 is 17.2 Å². The Bertz CT molecular complexity index is 369. The molecule has 94 valence electrons. The molecule has 0 aromatic carbocycles. The minimum Gasteiger partial charge on any atom is -0.347 e. The molecule has 0 aliphatic carbocycles. The van der Waals surface area contributed by atoms with Crippen LogP contribution in [0.15, 0.2) is 17.5 Å². The minimum absolute atomic E-state index is 0.100. The Kier molecular flexibility index (Phi) is 3.84. The highest BCUT2D eigenvalue weighted by molar-refractivity contribution is 7.10. The number of hydrogen-bond donors (Lipinski definition) is 2. The standard InChI is InChI=1S/C13H20N2OS/c1-10(11-6-5-9-17-11)15-12(16)13(2)7-3-4-8-14-13/h5-6,9-10,14H,3-4,7-8H2,1-2H3,(H,15,16)/t10-,13?/m1/s1. The van der Waals surface area contributed by atoms with Gasteiger partial charge in [-0.25, -0.2) is 0 Å². The van der Waals surface area contributed by atoms with E-state index in [0.717, 1.165) is 19.4 Å². The number of thiophene rings is 1. The average molecular weight is 252 g/mol. The largest absolute Gasteiger partial charge is 0.347 e. The van der Waals surface area contributed by atoms with Crippen molar-refractivity contribution < 1.29 is 4.79 Å². The van der Waals surface area contributed by atoms with E-state index in [9.17, 15) is 4.79 Å². The van der Waals surface area contributed by atoms with Gasteiger partial charge >= 0.3 is 0 Å². The molecule has 0 radical (unpaired) electrons. The molecular weight excluding hydrogens is 232 g/mol. The molecule has 0 saturated carbocycles. The molecule has 1 aliphatic rings. The maximum atomic E-state index is 12.3. The number of nitrogens with one attached hydrogen (secondary N) is 2. The molecule has 1 saturated heterocycles. The lowest BCUT2D eigenvalue weighted by Crippen LogP contribution is -2.57. The lowest BCUT2D eigenvalue weighted by molar-refractivity contribution is -0.128. The summed E-state index contributed by atoms with van der Waals surface area (Å²) >= 11 is 1.68. The van der Waals surface area contributed by atoms with Crippen LogP contribution in [0.25, 0.3) is 0 Å². The van der Waals surface area contributed by atoms with Gasteiger partial charge in [-0.1, -0.05) is 6.07 Å². The van der Waals surface area contributed by atoms with Crippen LogP contribution in [0, 0.1) is 0 Å². The van der Waals surface area contributed by atoms with Crippen molar-refractivity contribution in [1.82, 2.24) is 10.6 Å². The molecule has 0 spiro atoms. The number of piperidine rings is 1. The monoisotopic (exact) mass is 252 g/mol. The van der Waals surface area contributed by atoms with Crippen LogP contribution in [0.2, 0.25) is 0 Å². The van der Waals surface area contributed by atoms with Crippen molar-refractivity contribution in [3.8, 4) is 0 Å². The first-order valence-electron chi connectivity index (χ1n) is 6.21. The number of carbonyl (C=O) groups excluding carboxylic acids is 1. The number of carbonyl (C=O) groups is 1. The summed E-state index contributed by atoms with van der Waals surface area (Å²) in [4.78, 5) is 13.5. The maximum absolute atomic E-state index is 12.3. The highest BCUT2D eigenvalue weighted by Crippen LogP contribution is 2.22. The SMILES string of the molecule is C[C@@H](NC(=O)C1(C)CCCCN1)c1cccs1. The fourth-order valence-electron chi connectivity index (χ4n) is 2.21. The van der Waals surface area contributed by atoms with E-state index in [-0.39, 0.29) is 17.5 Å². The van der Waals surface area contributed by atoms with Gasteiger partial charge in [-0.2, -0.15) is 0 Å². The van der Waals surface area contributed by atoms with Crippen molar-refractivity contribution in [3.63, 3.8) is 0 Å². The molecule has 2 rings (SSSR count). The van der Waals surface area contributed by atoms with Gasteiger partial charge in [0, 0.05) is 4.88 Å². The third kappa shape index (κ3) is 2.87. The van der Waals surface area contributed by atoms with Crippen LogP contribution in [-0.4, -0.2) is 18.0 Å². The molecule has 1 aromatic rings. The van der Waals surface area contributed by atoms with Crippen LogP contribution in [0.5, 0.6) is 0 Å². The molecule has 4 heteroatoms. The second kappa shape index (κ2) is 5.19. The van der Waals surface area contributed by atoms with Gasteiger partial charge < -0.3 is 10.6 Å². The zero-order chi connectivity index (χ0) is 12.3. The topological polar surface area (TPSA) is 41.1 Å². The van der Waals surface area contributed by atoms with E-state index in [1.165, 1.54) is 11.3 Å². The molecule has 2 N–H and O–H groups in total. The molecular formula is C13H20N2OS. The molecule has 0 bridgehead atoms. The number of hydrogen-bond acceptors (Lipinski definition) is 3. The summed E-state index contributed by atoms with van der Waals surface area (Å²) in [7, 11) is 0. The van der Waals surface area contributed by atoms with Gasteiger partial charge in [-0.15, -0.1) is 11.3 Å². The Morgan fingerprint density at radius 1 is 1.59 bits per heavy atom. The first-order chi connectivity index (χ1) is 8.12. The van der Waals surface area contributed by atoms with Gasteiger partial charge in [-0.3, -0.25) is 4.79 Å². The van der Waals surface area contributed by atoms with Crippen LogP contribution in [0.1, 0.15) is 44.0 Å². The molecule has 2 atom stereocenters. The predicted octanol–water partition coefficient (Wildman–Crippen LogP) is 2.46.